The van der Waals surface area contributed by atoms with Gasteiger partial charge in [-0.2, -0.15) is 0 Å². The maximum atomic E-state index is 5.96. The summed E-state index contributed by atoms with van der Waals surface area (Å²) in [5, 5.41) is 0.788. The molecule has 2 heterocycles. The number of aromatic nitrogens is 2. The van der Waals surface area contributed by atoms with Crippen molar-refractivity contribution in [3.05, 3.63) is 47.4 Å². The van der Waals surface area contributed by atoms with E-state index in [2.05, 4.69) is 38.0 Å². The second-order valence-electron chi connectivity index (χ2n) is 6.03. The van der Waals surface area contributed by atoms with Crippen molar-refractivity contribution in [1.29, 1.82) is 0 Å². The topological polar surface area (TPSA) is 32.3 Å². The van der Waals surface area contributed by atoms with Crippen molar-refractivity contribution in [2.24, 2.45) is 0 Å². The Hall–Kier alpha value is -1.81. The van der Waals surface area contributed by atoms with Gasteiger partial charge >= 0.3 is 0 Å². The minimum atomic E-state index is 0.678. The summed E-state index contributed by atoms with van der Waals surface area (Å²) in [5.74, 6) is 1.75. The molecule has 0 unspecified atom stereocenters. The van der Waals surface area contributed by atoms with E-state index in [0.29, 0.717) is 5.92 Å². The third-order valence-electron chi connectivity index (χ3n) is 4.46. The Bertz CT molecular complexity index is 646. The molecule has 0 radical (unpaired) electrons. The molecule has 0 bridgehead atoms. The van der Waals surface area contributed by atoms with Crippen LogP contribution >= 0.6 is 11.6 Å². The van der Waals surface area contributed by atoms with E-state index in [0.717, 1.165) is 37.0 Å². The van der Waals surface area contributed by atoms with Crippen LogP contribution in [0.15, 0.2) is 36.7 Å². The lowest BCUT2D eigenvalue weighted by atomic mass is 10.2. The highest BCUT2D eigenvalue weighted by atomic mass is 35.5. The highest BCUT2D eigenvalue weighted by Gasteiger charge is 2.26. The average Bonchev–Trinajstić information content (AvgIpc) is 3.41. The lowest BCUT2D eigenvalue weighted by molar-refractivity contribution is 0.646. The molecule has 2 aliphatic rings. The lowest BCUT2D eigenvalue weighted by Crippen LogP contribution is -2.46. The number of hydrogen-bond acceptors (Lipinski definition) is 4. The average molecular weight is 315 g/mol. The molecule has 114 valence electrons. The molecule has 1 aromatic heterocycles. The molecule has 0 atom stereocenters. The first-order valence-corrected chi connectivity index (χ1v) is 8.25. The summed E-state index contributed by atoms with van der Waals surface area (Å²) in [7, 11) is 0. The predicted molar refractivity (Wildman–Crippen MR) is 89.9 cm³/mol. The third-order valence-corrected chi connectivity index (χ3v) is 4.72. The molecule has 1 saturated carbocycles. The Labute approximate surface area is 135 Å². The van der Waals surface area contributed by atoms with Crippen molar-refractivity contribution in [2.45, 2.75) is 18.8 Å². The standard InChI is InChI=1S/C17H19ClN4/c18-14-3-5-15(6-4-14)21-7-9-22(10-8-21)17-11-16(13-1-2-13)19-12-20-17/h3-6,11-13H,1-2,7-10H2. The Morgan fingerprint density at radius 2 is 1.59 bits per heavy atom. The second-order valence-corrected chi connectivity index (χ2v) is 6.46. The zero-order chi connectivity index (χ0) is 14.9. The van der Waals surface area contributed by atoms with Crippen LogP contribution in [0.2, 0.25) is 5.02 Å². The van der Waals surface area contributed by atoms with Gasteiger partial charge in [-0.3, -0.25) is 0 Å². The van der Waals surface area contributed by atoms with Crippen molar-refractivity contribution in [1.82, 2.24) is 9.97 Å². The van der Waals surface area contributed by atoms with E-state index in [1.54, 1.807) is 6.33 Å². The van der Waals surface area contributed by atoms with Crippen molar-refractivity contribution in [3.8, 4) is 0 Å². The zero-order valence-corrected chi connectivity index (χ0v) is 13.2. The maximum absolute atomic E-state index is 5.96. The monoisotopic (exact) mass is 314 g/mol. The molecule has 1 saturated heterocycles. The molecule has 22 heavy (non-hydrogen) atoms. The van der Waals surface area contributed by atoms with Gasteiger partial charge in [-0.15, -0.1) is 0 Å². The van der Waals surface area contributed by atoms with Crippen LogP contribution in [0, 0.1) is 0 Å². The fraction of sp³-hybridized carbons (Fsp3) is 0.412. The SMILES string of the molecule is Clc1ccc(N2CCN(c3cc(C4CC4)ncn3)CC2)cc1. The van der Waals surface area contributed by atoms with Crippen molar-refractivity contribution < 1.29 is 0 Å². The van der Waals surface area contributed by atoms with Gasteiger partial charge in [-0.25, -0.2) is 9.97 Å². The number of halogens is 1. The Morgan fingerprint density at radius 1 is 0.909 bits per heavy atom. The van der Waals surface area contributed by atoms with Crippen LogP contribution < -0.4 is 9.80 Å². The van der Waals surface area contributed by atoms with E-state index in [4.69, 9.17) is 11.6 Å². The van der Waals surface area contributed by atoms with Crippen LogP contribution in [0.25, 0.3) is 0 Å². The summed E-state index contributed by atoms with van der Waals surface area (Å²) in [6.45, 7) is 3.99. The van der Waals surface area contributed by atoms with Gasteiger partial charge in [0.1, 0.15) is 12.1 Å². The van der Waals surface area contributed by atoms with Crippen LogP contribution in [0.1, 0.15) is 24.5 Å². The maximum Gasteiger partial charge on any atom is 0.132 e. The van der Waals surface area contributed by atoms with Gasteiger partial charge in [0.2, 0.25) is 0 Å². The van der Waals surface area contributed by atoms with E-state index >= 15 is 0 Å². The molecule has 4 rings (SSSR count). The molecule has 5 heteroatoms. The number of anilines is 2. The van der Waals surface area contributed by atoms with Gasteiger partial charge in [0, 0.05) is 54.6 Å². The van der Waals surface area contributed by atoms with Crippen LogP contribution in [-0.4, -0.2) is 36.1 Å². The summed E-state index contributed by atoms with van der Waals surface area (Å²) < 4.78 is 0. The summed E-state index contributed by atoms with van der Waals surface area (Å²) in [6.07, 6.45) is 4.27. The Kier molecular flexibility index (Phi) is 3.62. The fourth-order valence-corrected chi connectivity index (χ4v) is 3.11. The number of piperazine rings is 1. The smallest absolute Gasteiger partial charge is 0.132 e. The second kappa shape index (κ2) is 5.76. The minimum absolute atomic E-state index is 0.678. The van der Waals surface area contributed by atoms with E-state index in [-0.39, 0.29) is 0 Å². The number of hydrogen-bond donors (Lipinski definition) is 0. The summed E-state index contributed by atoms with van der Waals surface area (Å²) in [6, 6.07) is 10.3. The largest absolute Gasteiger partial charge is 0.368 e. The first kappa shape index (κ1) is 13.8. The first-order valence-electron chi connectivity index (χ1n) is 7.87. The summed E-state index contributed by atoms with van der Waals surface area (Å²) in [4.78, 5) is 13.6. The van der Waals surface area contributed by atoms with Crippen molar-refractivity contribution >= 4 is 23.1 Å². The lowest BCUT2D eigenvalue weighted by Gasteiger charge is -2.36. The minimum Gasteiger partial charge on any atom is -0.368 e. The summed E-state index contributed by atoms with van der Waals surface area (Å²) >= 11 is 5.96. The molecular weight excluding hydrogens is 296 g/mol. The molecule has 1 aliphatic heterocycles. The normalized spacial score (nSPS) is 18.6. The number of nitrogens with zero attached hydrogens (tertiary/aromatic N) is 4. The van der Waals surface area contributed by atoms with Gasteiger partial charge in [0.25, 0.3) is 0 Å². The van der Waals surface area contributed by atoms with E-state index in [9.17, 15) is 0 Å². The molecule has 2 fully saturated rings. The van der Waals surface area contributed by atoms with Gasteiger partial charge in [-0.05, 0) is 37.1 Å². The van der Waals surface area contributed by atoms with Crippen LogP contribution in [0.5, 0.6) is 0 Å². The number of rotatable bonds is 3. The molecule has 0 N–H and O–H groups in total. The third kappa shape index (κ3) is 2.88. The van der Waals surface area contributed by atoms with E-state index in [1.807, 2.05) is 12.1 Å². The summed E-state index contributed by atoms with van der Waals surface area (Å²) in [5.41, 5.74) is 2.45. The van der Waals surface area contributed by atoms with Crippen molar-refractivity contribution in [2.75, 3.05) is 36.0 Å². The Balaban J connectivity index is 1.43. The van der Waals surface area contributed by atoms with Crippen LogP contribution in [0.3, 0.4) is 0 Å². The van der Waals surface area contributed by atoms with E-state index < -0.39 is 0 Å². The molecular formula is C17H19ClN4. The van der Waals surface area contributed by atoms with Crippen LogP contribution in [0.4, 0.5) is 11.5 Å². The first-order chi connectivity index (χ1) is 10.8. The highest BCUT2D eigenvalue weighted by Crippen LogP contribution is 2.39. The van der Waals surface area contributed by atoms with Gasteiger partial charge in [0.15, 0.2) is 0 Å². The molecule has 2 aromatic rings. The quantitative estimate of drug-likeness (QED) is 0.870. The molecule has 1 aromatic carbocycles. The van der Waals surface area contributed by atoms with Gasteiger partial charge < -0.3 is 9.80 Å². The fourth-order valence-electron chi connectivity index (χ4n) is 2.98. The predicted octanol–water partition coefficient (Wildman–Crippen LogP) is 3.33. The van der Waals surface area contributed by atoms with E-state index in [1.165, 1.54) is 24.2 Å². The van der Waals surface area contributed by atoms with Gasteiger partial charge in [0.05, 0.1) is 0 Å². The van der Waals surface area contributed by atoms with Crippen LogP contribution in [-0.2, 0) is 0 Å². The number of benzene rings is 1. The molecule has 0 amide bonds. The van der Waals surface area contributed by atoms with Crippen molar-refractivity contribution in [3.63, 3.8) is 0 Å². The highest BCUT2D eigenvalue weighted by molar-refractivity contribution is 6.30. The molecule has 4 nitrogen and oxygen atoms in total. The molecule has 1 aliphatic carbocycles. The molecule has 0 spiro atoms. The zero-order valence-electron chi connectivity index (χ0n) is 12.5. The van der Waals surface area contributed by atoms with Gasteiger partial charge in [-0.1, -0.05) is 11.6 Å². The Morgan fingerprint density at radius 3 is 2.27 bits per heavy atom.